The Morgan fingerprint density at radius 3 is 2.32 bits per heavy atom. The monoisotopic (exact) mass is 520 g/mol. The zero-order valence-corrected chi connectivity index (χ0v) is 24.6. The molecule has 2 heterocycles. The summed E-state index contributed by atoms with van der Waals surface area (Å²) in [5.74, 6) is 6.24. The second-order valence-electron chi connectivity index (χ2n) is 11.8. The molecule has 1 N–H and O–H groups in total. The van der Waals surface area contributed by atoms with E-state index in [4.69, 9.17) is 0 Å². The van der Waals surface area contributed by atoms with Crippen molar-refractivity contribution in [3.8, 4) is 11.8 Å². The minimum Gasteiger partial charge on any atom is -0.480 e. The molecule has 0 aliphatic carbocycles. The van der Waals surface area contributed by atoms with Crippen LogP contribution < -0.4 is 0 Å². The molecule has 37 heavy (non-hydrogen) atoms. The topological polar surface area (TPSA) is 63.1 Å². The number of thioether (sulfide) groups is 1. The van der Waals surface area contributed by atoms with E-state index in [9.17, 15) is 9.90 Å². The zero-order chi connectivity index (χ0) is 27.3. The lowest BCUT2D eigenvalue weighted by Crippen LogP contribution is -2.37. The summed E-state index contributed by atoms with van der Waals surface area (Å²) < 4.78 is 0.212. The van der Waals surface area contributed by atoms with Crippen LogP contribution in [0.1, 0.15) is 128 Å². The summed E-state index contributed by atoms with van der Waals surface area (Å²) in [4.78, 5) is 22.5. The van der Waals surface area contributed by atoms with Crippen molar-refractivity contribution in [1.29, 1.82) is 0 Å². The van der Waals surface area contributed by atoms with Crippen LogP contribution in [-0.2, 0) is 22.0 Å². The number of unbranched alkanes of at least 4 members (excludes halogenated alkanes) is 3. The molecule has 0 saturated carbocycles. The molecule has 1 aliphatic heterocycles. The van der Waals surface area contributed by atoms with E-state index in [1.165, 1.54) is 41.7 Å². The molecular formula is C32H44N2O2S. The Labute approximate surface area is 228 Å². The number of fused-ring (bicyclic) bond motifs is 1. The Morgan fingerprint density at radius 2 is 1.73 bits per heavy atom. The van der Waals surface area contributed by atoms with E-state index in [-0.39, 0.29) is 10.2 Å². The van der Waals surface area contributed by atoms with Crippen LogP contribution in [0.3, 0.4) is 0 Å². The van der Waals surface area contributed by atoms with Crippen molar-refractivity contribution in [3.05, 3.63) is 52.6 Å². The first-order valence-corrected chi connectivity index (χ1v) is 14.7. The van der Waals surface area contributed by atoms with Crippen molar-refractivity contribution in [3.63, 3.8) is 0 Å². The van der Waals surface area contributed by atoms with E-state index >= 15 is 0 Å². The van der Waals surface area contributed by atoms with Gasteiger partial charge in [0, 0.05) is 27.6 Å². The first kappa shape index (κ1) is 29.2. The third-order valence-corrected chi connectivity index (χ3v) is 8.85. The molecule has 1 aliphatic rings. The van der Waals surface area contributed by atoms with Crippen molar-refractivity contribution in [1.82, 2.24) is 9.97 Å². The largest absolute Gasteiger partial charge is 0.480 e. The Hall–Kier alpha value is -2.32. The van der Waals surface area contributed by atoms with Gasteiger partial charge < -0.3 is 5.11 Å². The van der Waals surface area contributed by atoms with E-state index in [2.05, 4.69) is 68.6 Å². The molecule has 200 valence electrons. The second-order valence-corrected chi connectivity index (χ2v) is 13.5. The number of aromatic nitrogens is 2. The maximum Gasteiger partial charge on any atom is 0.317 e. The number of rotatable bonds is 10. The van der Waals surface area contributed by atoms with Gasteiger partial charge in [0.1, 0.15) is 11.2 Å². The smallest absolute Gasteiger partial charge is 0.317 e. The van der Waals surface area contributed by atoms with Gasteiger partial charge in [-0.25, -0.2) is 9.97 Å². The zero-order valence-electron chi connectivity index (χ0n) is 23.8. The SMILES string of the molecule is CCCCCCc1cc2c(cc1C#Cc1cnc(C(CC)(CCC)C(=O)O)nc1)C(C)(C)CC(C)(C)S2. The molecule has 3 rings (SSSR count). The lowest BCUT2D eigenvalue weighted by atomic mass is 9.76. The predicted octanol–water partition coefficient (Wildman–Crippen LogP) is 8.08. The van der Waals surface area contributed by atoms with E-state index < -0.39 is 11.4 Å². The Balaban J connectivity index is 1.98. The molecule has 0 amide bonds. The predicted molar refractivity (Wildman–Crippen MR) is 154 cm³/mol. The quantitative estimate of drug-likeness (QED) is 0.253. The van der Waals surface area contributed by atoms with Crippen molar-refractivity contribution < 1.29 is 9.90 Å². The highest BCUT2D eigenvalue weighted by Gasteiger charge is 2.41. The summed E-state index contributed by atoms with van der Waals surface area (Å²) in [5.41, 5.74) is 3.55. The van der Waals surface area contributed by atoms with Crippen LogP contribution in [0.2, 0.25) is 0 Å². The number of aliphatic carboxylic acids is 1. The summed E-state index contributed by atoms with van der Waals surface area (Å²) in [7, 11) is 0. The van der Waals surface area contributed by atoms with E-state index in [0.29, 0.717) is 24.2 Å². The van der Waals surface area contributed by atoms with Gasteiger partial charge in [-0.2, -0.15) is 0 Å². The number of carboxylic acid groups (broad SMARTS) is 1. The maximum absolute atomic E-state index is 12.1. The molecule has 0 saturated heterocycles. The molecule has 1 atom stereocenters. The lowest BCUT2D eigenvalue weighted by Gasteiger charge is -2.42. The summed E-state index contributed by atoms with van der Waals surface area (Å²) in [6, 6.07) is 4.72. The van der Waals surface area contributed by atoms with Gasteiger partial charge >= 0.3 is 5.97 Å². The highest BCUT2D eigenvalue weighted by molar-refractivity contribution is 8.00. The minimum absolute atomic E-state index is 0.0889. The highest BCUT2D eigenvalue weighted by atomic mass is 32.2. The highest BCUT2D eigenvalue weighted by Crippen LogP contribution is 2.51. The fraction of sp³-hybridized carbons (Fsp3) is 0.594. The third-order valence-electron chi connectivity index (χ3n) is 7.60. The normalized spacial score (nSPS) is 17.3. The van der Waals surface area contributed by atoms with Crippen molar-refractivity contribution in [2.24, 2.45) is 0 Å². The third kappa shape index (κ3) is 6.77. The van der Waals surface area contributed by atoms with Gasteiger partial charge in [0.2, 0.25) is 0 Å². The molecule has 0 spiro atoms. The molecule has 0 bridgehead atoms. The van der Waals surface area contributed by atoms with E-state index in [0.717, 1.165) is 24.8 Å². The van der Waals surface area contributed by atoms with Crippen LogP contribution >= 0.6 is 11.8 Å². The van der Waals surface area contributed by atoms with E-state index in [1.54, 1.807) is 12.4 Å². The molecule has 1 aromatic carbocycles. The van der Waals surface area contributed by atoms with Gasteiger partial charge in [-0.1, -0.05) is 86.0 Å². The number of aryl methyl sites for hydroxylation is 1. The van der Waals surface area contributed by atoms with Gasteiger partial charge in [-0.05, 0) is 60.8 Å². The van der Waals surface area contributed by atoms with Gasteiger partial charge in [-0.3, -0.25) is 4.79 Å². The fourth-order valence-electron chi connectivity index (χ4n) is 5.80. The molecule has 0 fully saturated rings. The summed E-state index contributed by atoms with van der Waals surface area (Å²) in [6.07, 6.45) is 12.1. The molecule has 1 unspecified atom stereocenters. The summed E-state index contributed by atoms with van der Waals surface area (Å²) in [6.45, 7) is 15.5. The van der Waals surface area contributed by atoms with Crippen molar-refractivity contribution in [2.75, 3.05) is 0 Å². The van der Waals surface area contributed by atoms with E-state index in [1.807, 2.05) is 25.6 Å². The number of carboxylic acids is 1. The van der Waals surface area contributed by atoms with Crippen molar-refractivity contribution in [2.45, 2.75) is 127 Å². The fourth-order valence-corrected chi connectivity index (χ4v) is 7.48. The second kappa shape index (κ2) is 12.0. The number of nitrogens with zero attached hydrogens (tertiary/aromatic N) is 2. The Morgan fingerprint density at radius 1 is 1.03 bits per heavy atom. The summed E-state index contributed by atoms with van der Waals surface area (Å²) >= 11 is 1.99. The van der Waals surface area contributed by atoms with Gasteiger partial charge in [-0.15, -0.1) is 11.8 Å². The van der Waals surface area contributed by atoms with Gasteiger partial charge in [0.15, 0.2) is 0 Å². The Kier molecular flexibility index (Phi) is 9.51. The maximum atomic E-state index is 12.1. The number of hydrogen-bond donors (Lipinski definition) is 1. The van der Waals surface area contributed by atoms with Crippen LogP contribution in [0, 0.1) is 11.8 Å². The number of benzene rings is 1. The molecule has 0 radical (unpaired) electrons. The summed E-state index contributed by atoms with van der Waals surface area (Å²) in [5, 5.41) is 9.93. The first-order valence-electron chi connectivity index (χ1n) is 13.9. The van der Waals surface area contributed by atoms with Crippen LogP contribution in [0.15, 0.2) is 29.4 Å². The van der Waals surface area contributed by atoms with Gasteiger partial charge in [0.05, 0.1) is 5.56 Å². The van der Waals surface area contributed by atoms with Crippen LogP contribution in [-0.4, -0.2) is 25.8 Å². The number of hydrogen-bond acceptors (Lipinski definition) is 4. The van der Waals surface area contributed by atoms with Crippen LogP contribution in [0.4, 0.5) is 0 Å². The Bertz CT molecular complexity index is 1160. The molecule has 2 aromatic rings. The first-order chi connectivity index (χ1) is 17.5. The number of carbonyl (C=O) groups is 1. The molecule has 5 heteroatoms. The van der Waals surface area contributed by atoms with Crippen molar-refractivity contribution >= 4 is 17.7 Å². The van der Waals surface area contributed by atoms with Gasteiger partial charge in [0.25, 0.3) is 0 Å². The lowest BCUT2D eigenvalue weighted by molar-refractivity contribution is -0.144. The van der Waals surface area contributed by atoms with Crippen LogP contribution in [0.5, 0.6) is 0 Å². The minimum atomic E-state index is -1.04. The average molecular weight is 521 g/mol. The average Bonchev–Trinajstić information content (AvgIpc) is 2.83. The molecule has 1 aromatic heterocycles. The van der Waals surface area contributed by atoms with Crippen LogP contribution in [0.25, 0.3) is 0 Å². The molecular weight excluding hydrogens is 476 g/mol. The molecule has 4 nitrogen and oxygen atoms in total. The standard InChI is InChI=1S/C32H44N2O2S/c1-8-11-12-13-14-24-19-27-26(30(4,5)22-31(6,7)37-27)18-25(24)16-15-23-20-33-28(34-21-23)32(10-3,17-9-2)29(35)36/h18-21H,8-14,17,22H2,1-7H3,(H,35,36).